The summed E-state index contributed by atoms with van der Waals surface area (Å²) in [5.74, 6) is -2.53. The lowest BCUT2D eigenvalue weighted by Gasteiger charge is -2.46. The quantitative estimate of drug-likeness (QED) is 0.565. The van der Waals surface area contributed by atoms with E-state index in [0.29, 0.717) is 19.8 Å². The highest BCUT2D eigenvalue weighted by Gasteiger charge is 2.49. The van der Waals surface area contributed by atoms with Gasteiger partial charge in [0, 0.05) is 18.4 Å². The minimum absolute atomic E-state index is 0.00694. The lowest BCUT2D eigenvalue weighted by molar-refractivity contribution is -0.177. The Morgan fingerprint density at radius 3 is 2.27 bits per heavy atom. The molecule has 0 aromatic rings. The van der Waals surface area contributed by atoms with Crippen LogP contribution in [0.25, 0.3) is 0 Å². The molecule has 0 amide bonds. The number of piperidine rings is 1. The molecule has 0 aliphatic carbocycles. The Hall–Kier alpha value is -0.220. The predicted octanol–water partition coefficient (Wildman–Crippen LogP) is 0.632. The second kappa shape index (κ2) is 2.14. The SMILES string of the molecule is FC1(F)CNCC2(COC2)C1. The van der Waals surface area contributed by atoms with Gasteiger partial charge >= 0.3 is 0 Å². The number of hydrogen-bond acceptors (Lipinski definition) is 2. The van der Waals surface area contributed by atoms with Crippen LogP contribution < -0.4 is 5.32 Å². The Bertz CT molecular complexity index is 168. The maximum Gasteiger partial charge on any atom is 0.261 e. The summed E-state index contributed by atoms with van der Waals surface area (Å²) in [4.78, 5) is 0. The molecule has 0 aromatic carbocycles. The number of ether oxygens (including phenoxy) is 1. The molecule has 2 aliphatic rings. The van der Waals surface area contributed by atoms with E-state index in [4.69, 9.17) is 4.74 Å². The van der Waals surface area contributed by atoms with Gasteiger partial charge in [-0.1, -0.05) is 0 Å². The first-order chi connectivity index (χ1) is 5.12. The van der Waals surface area contributed by atoms with Crippen LogP contribution in [0.2, 0.25) is 0 Å². The third kappa shape index (κ3) is 1.25. The summed E-state index contributed by atoms with van der Waals surface area (Å²) in [6.45, 7) is 1.50. The highest BCUT2D eigenvalue weighted by Crippen LogP contribution is 2.40. The zero-order valence-corrected chi connectivity index (χ0v) is 6.20. The molecule has 0 aromatic heterocycles. The predicted molar refractivity (Wildman–Crippen MR) is 35.7 cm³/mol. The van der Waals surface area contributed by atoms with E-state index >= 15 is 0 Å². The maximum absolute atomic E-state index is 12.8. The average Bonchev–Trinajstić information content (AvgIpc) is 1.82. The summed E-state index contributed by atoms with van der Waals surface area (Å²) < 4.78 is 30.5. The minimum Gasteiger partial charge on any atom is -0.380 e. The molecule has 0 atom stereocenters. The first-order valence-electron chi connectivity index (χ1n) is 3.78. The summed E-state index contributed by atoms with van der Waals surface area (Å²) in [6, 6.07) is 0. The standard InChI is InChI=1S/C7H11F2NO/c8-7(9)1-6(2-10-3-7)4-11-5-6/h10H,1-5H2. The third-order valence-electron chi connectivity index (χ3n) is 2.33. The number of rotatable bonds is 0. The van der Waals surface area contributed by atoms with Crippen molar-refractivity contribution < 1.29 is 13.5 Å². The van der Waals surface area contributed by atoms with Crippen molar-refractivity contribution in [1.82, 2.24) is 5.32 Å². The molecular weight excluding hydrogens is 152 g/mol. The van der Waals surface area contributed by atoms with E-state index in [2.05, 4.69) is 5.32 Å². The molecule has 2 saturated heterocycles. The van der Waals surface area contributed by atoms with Gasteiger partial charge in [-0.05, 0) is 0 Å². The Morgan fingerprint density at radius 2 is 1.91 bits per heavy atom. The van der Waals surface area contributed by atoms with Gasteiger partial charge in [-0.3, -0.25) is 0 Å². The monoisotopic (exact) mass is 163 g/mol. The molecule has 4 heteroatoms. The van der Waals surface area contributed by atoms with Crippen LogP contribution in [0.15, 0.2) is 0 Å². The van der Waals surface area contributed by atoms with E-state index in [-0.39, 0.29) is 18.4 Å². The molecule has 1 N–H and O–H groups in total. The van der Waals surface area contributed by atoms with Crippen molar-refractivity contribution in [3.05, 3.63) is 0 Å². The Balaban J connectivity index is 2.03. The summed E-state index contributed by atoms with van der Waals surface area (Å²) in [5, 5.41) is 2.74. The zero-order valence-electron chi connectivity index (χ0n) is 6.20. The number of alkyl halides is 2. The van der Waals surface area contributed by atoms with Gasteiger partial charge in [-0.25, -0.2) is 8.78 Å². The highest BCUT2D eigenvalue weighted by atomic mass is 19.3. The van der Waals surface area contributed by atoms with Crippen molar-refractivity contribution in [2.45, 2.75) is 12.3 Å². The molecule has 0 saturated carbocycles. The van der Waals surface area contributed by atoms with Crippen molar-refractivity contribution in [1.29, 1.82) is 0 Å². The molecule has 0 unspecified atom stereocenters. The van der Waals surface area contributed by atoms with Crippen LogP contribution in [0.3, 0.4) is 0 Å². The smallest absolute Gasteiger partial charge is 0.261 e. The van der Waals surface area contributed by atoms with Crippen molar-refractivity contribution in [3.8, 4) is 0 Å². The summed E-state index contributed by atoms with van der Waals surface area (Å²) in [5.41, 5.74) is -0.248. The van der Waals surface area contributed by atoms with Gasteiger partial charge in [0.1, 0.15) is 0 Å². The van der Waals surface area contributed by atoms with Gasteiger partial charge in [-0.2, -0.15) is 0 Å². The average molecular weight is 163 g/mol. The van der Waals surface area contributed by atoms with Gasteiger partial charge in [0.05, 0.1) is 19.8 Å². The van der Waals surface area contributed by atoms with Gasteiger partial charge in [0.25, 0.3) is 5.92 Å². The fourth-order valence-corrected chi connectivity index (χ4v) is 1.78. The fraction of sp³-hybridized carbons (Fsp3) is 1.00. The molecule has 1 spiro atoms. The normalized spacial score (nSPS) is 33.3. The molecule has 0 radical (unpaired) electrons. The maximum atomic E-state index is 12.8. The molecule has 11 heavy (non-hydrogen) atoms. The van der Waals surface area contributed by atoms with Crippen LogP contribution in [0.5, 0.6) is 0 Å². The van der Waals surface area contributed by atoms with Crippen LogP contribution >= 0.6 is 0 Å². The van der Waals surface area contributed by atoms with Crippen molar-refractivity contribution in [2.75, 3.05) is 26.3 Å². The Morgan fingerprint density at radius 1 is 1.18 bits per heavy atom. The van der Waals surface area contributed by atoms with E-state index < -0.39 is 5.92 Å². The first kappa shape index (κ1) is 7.43. The molecule has 2 heterocycles. The molecular formula is C7H11F2NO. The van der Waals surface area contributed by atoms with E-state index in [1.54, 1.807) is 0 Å². The molecule has 2 rings (SSSR count). The van der Waals surface area contributed by atoms with Crippen molar-refractivity contribution in [2.24, 2.45) is 5.41 Å². The Kier molecular flexibility index (Phi) is 1.44. The van der Waals surface area contributed by atoms with Crippen LogP contribution in [-0.2, 0) is 4.74 Å². The molecule has 2 fully saturated rings. The van der Waals surface area contributed by atoms with Crippen LogP contribution in [0.1, 0.15) is 6.42 Å². The van der Waals surface area contributed by atoms with Crippen LogP contribution in [0.4, 0.5) is 8.78 Å². The van der Waals surface area contributed by atoms with E-state index in [9.17, 15) is 8.78 Å². The second-order valence-electron chi connectivity index (χ2n) is 3.63. The van der Waals surface area contributed by atoms with E-state index in [0.717, 1.165) is 0 Å². The molecule has 2 nitrogen and oxygen atoms in total. The molecule has 2 aliphatic heterocycles. The minimum atomic E-state index is -2.53. The zero-order chi connectivity index (χ0) is 7.95. The van der Waals surface area contributed by atoms with Crippen molar-refractivity contribution >= 4 is 0 Å². The van der Waals surface area contributed by atoms with Gasteiger partial charge < -0.3 is 10.1 Å². The van der Waals surface area contributed by atoms with Gasteiger partial charge in [-0.15, -0.1) is 0 Å². The summed E-state index contributed by atoms with van der Waals surface area (Å²) in [7, 11) is 0. The molecule has 0 bridgehead atoms. The van der Waals surface area contributed by atoms with Crippen molar-refractivity contribution in [3.63, 3.8) is 0 Å². The lowest BCUT2D eigenvalue weighted by atomic mass is 9.77. The number of nitrogens with one attached hydrogen (secondary N) is 1. The number of hydrogen-bond donors (Lipinski definition) is 1. The Labute approximate surface area is 63.9 Å². The number of halogens is 2. The summed E-state index contributed by atoms with van der Waals surface area (Å²) >= 11 is 0. The third-order valence-corrected chi connectivity index (χ3v) is 2.33. The second-order valence-corrected chi connectivity index (χ2v) is 3.63. The van der Waals surface area contributed by atoms with Crippen LogP contribution in [-0.4, -0.2) is 32.2 Å². The highest BCUT2D eigenvalue weighted by molar-refractivity contribution is 4.96. The van der Waals surface area contributed by atoms with Gasteiger partial charge in [0.2, 0.25) is 0 Å². The van der Waals surface area contributed by atoms with E-state index in [1.807, 2.05) is 0 Å². The largest absolute Gasteiger partial charge is 0.380 e. The van der Waals surface area contributed by atoms with Gasteiger partial charge in [0.15, 0.2) is 0 Å². The van der Waals surface area contributed by atoms with Crippen LogP contribution in [0, 0.1) is 5.41 Å². The lowest BCUT2D eigenvalue weighted by Crippen LogP contribution is -2.59. The fourth-order valence-electron chi connectivity index (χ4n) is 1.78. The molecule has 64 valence electrons. The first-order valence-corrected chi connectivity index (χ1v) is 3.78. The summed E-state index contributed by atoms with van der Waals surface area (Å²) in [6.07, 6.45) is -0.00694. The topological polar surface area (TPSA) is 21.3 Å². The van der Waals surface area contributed by atoms with E-state index in [1.165, 1.54) is 0 Å².